The first kappa shape index (κ1) is 14.6. The standard InChI is InChI=1S/C13H24N2O4/c1-12(2,3)19-11(16)15-6-7-17-8-10(15)13(4-5-13)9-18-14/h10H,4-9,14H2,1-3H3. The fraction of sp³-hybridized carbons (Fsp3) is 0.923. The van der Waals surface area contributed by atoms with Crippen LogP contribution in [0.5, 0.6) is 0 Å². The molecule has 110 valence electrons. The maximum Gasteiger partial charge on any atom is 0.410 e. The van der Waals surface area contributed by atoms with Gasteiger partial charge < -0.3 is 14.3 Å². The molecule has 0 aromatic carbocycles. The normalized spacial score (nSPS) is 26.1. The summed E-state index contributed by atoms with van der Waals surface area (Å²) >= 11 is 0. The van der Waals surface area contributed by atoms with Gasteiger partial charge in [-0.05, 0) is 33.6 Å². The van der Waals surface area contributed by atoms with E-state index in [4.69, 9.17) is 20.2 Å². The molecular weight excluding hydrogens is 248 g/mol. The molecule has 6 nitrogen and oxygen atoms in total. The number of nitrogens with zero attached hydrogens (tertiary/aromatic N) is 1. The van der Waals surface area contributed by atoms with Crippen molar-refractivity contribution >= 4 is 6.09 Å². The summed E-state index contributed by atoms with van der Waals surface area (Å²) in [6, 6.07) is -0.000324. The lowest BCUT2D eigenvalue weighted by molar-refractivity contribution is -0.0648. The molecule has 1 aliphatic heterocycles. The quantitative estimate of drug-likeness (QED) is 0.784. The number of morpholine rings is 1. The maximum absolute atomic E-state index is 12.3. The summed E-state index contributed by atoms with van der Waals surface area (Å²) in [5.41, 5.74) is -0.535. The van der Waals surface area contributed by atoms with Crippen molar-refractivity contribution in [1.29, 1.82) is 0 Å². The number of hydrogen-bond acceptors (Lipinski definition) is 5. The van der Waals surface area contributed by atoms with E-state index in [9.17, 15) is 4.79 Å². The number of ether oxygens (including phenoxy) is 2. The van der Waals surface area contributed by atoms with E-state index in [1.807, 2.05) is 20.8 Å². The SMILES string of the molecule is CC(C)(C)OC(=O)N1CCOCC1C1(CON)CC1. The third-order valence-electron chi connectivity index (χ3n) is 3.73. The van der Waals surface area contributed by atoms with Crippen LogP contribution in [0.2, 0.25) is 0 Å². The average molecular weight is 272 g/mol. The third-order valence-corrected chi connectivity index (χ3v) is 3.73. The number of carbonyl (C=O) groups is 1. The summed E-state index contributed by atoms with van der Waals surface area (Å²) < 4.78 is 11.0. The largest absolute Gasteiger partial charge is 0.444 e. The molecule has 1 saturated carbocycles. The Kier molecular flexibility index (Phi) is 4.03. The average Bonchev–Trinajstić information content (AvgIpc) is 3.08. The lowest BCUT2D eigenvalue weighted by Crippen LogP contribution is -2.55. The highest BCUT2D eigenvalue weighted by Gasteiger charge is 2.54. The van der Waals surface area contributed by atoms with Crippen LogP contribution in [-0.4, -0.2) is 49.0 Å². The lowest BCUT2D eigenvalue weighted by atomic mass is 9.96. The zero-order valence-corrected chi connectivity index (χ0v) is 12.0. The first-order valence-corrected chi connectivity index (χ1v) is 6.77. The van der Waals surface area contributed by atoms with Crippen molar-refractivity contribution in [2.24, 2.45) is 11.3 Å². The smallest absolute Gasteiger partial charge is 0.410 e. The summed E-state index contributed by atoms with van der Waals surface area (Å²) in [4.78, 5) is 18.9. The van der Waals surface area contributed by atoms with Gasteiger partial charge in [0.15, 0.2) is 0 Å². The van der Waals surface area contributed by atoms with Crippen molar-refractivity contribution in [2.45, 2.75) is 45.3 Å². The van der Waals surface area contributed by atoms with E-state index in [1.165, 1.54) is 0 Å². The maximum atomic E-state index is 12.3. The molecule has 1 unspecified atom stereocenters. The molecule has 0 aromatic heterocycles. The predicted octanol–water partition coefficient (Wildman–Crippen LogP) is 1.29. The van der Waals surface area contributed by atoms with Crippen LogP contribution in [0, 0.1) is 5.41 Å². The summed E-state index contributed by atoms with van der Waals surface area (Å²) in [7, 11) is 0. The Morgan fingerprint density at radius 1 is 1.47 bits per heavy atom. The summed E-state index contributed by atoms with van der Waals surface area (Å²) in [6.07, 6.45) is 1.75. The van der Waals surface area contributed by atoms with E-state index < -0.39 is 5.60 Å². The van der Waals surface area contributed by atoms with Crippen molar-refractivity contribution in [3.63, 3.8) is 0 Å². The number of amides is 1. The molecule has 1 saturated heterocycles. The Morgan fingerprint density at radius 2 is 2.16 bits per heavy atom. The van der Waals surface area contributed by atoms with Crippen molar-refractivity contribution in [2.75, 3.05) is 26.4 Å². The Balaban J connectivity index is 2.06. The van der Waals surface area contributed by atoms with E-state index >= 15 is 0 Å². The van der Waals surface area contributed by atoms with Crippen LogP contribution < -0.4 is 5.90 Å². The fourth-order valence-electron chi connectivity index (χ4n) is 2.55. The summed E-state index contributed by atoms with van der Waals surface area (Å²) in [5.74, 6) is 5.21. The molecule has 19 heavy (non-hydrogen) atoms. The third kappa shape index (κ3) is 3.38. The van der Waals surface area contributed by atoms with Gasteiger partial charge in [-0.3, -0.25) is 4.90 Å². The molecular formula is C13H24N2O4. The van der Waals surface area contributed by atoms with Crippen molar-refractivity contribution < 1.29 is 19.1 Å². The van der Waals surface area contributed by atoms with Crippen molar-refractivity contribution in [3.05, 3.63) is 0 Å². The monoisotopic (exact) mass is 272 g/mol. The number of nitrogens with two attached hydrogens (primary N) is 1. The zero-order valence-electron chi connectivity index (χ0n) is 12.0. The molecule has 0 spiro atoms. The van der Waals surface area contributed by atoms with Gasteiger partial charge in [0.25, 0.3) is 0 Å². The second-order valence-corrected chi connectivity index (χ2v) is 6.44. The molecule has 0 radical (unpaired) electrons. The van der Waals surface area contributed by atoms with Gasteiger partial charge in [0, 0.05) is 12.0 Å². The van der Waals surface area contributed by atoms with E-state index in [0.29, 0.717) is 26.4 Å². The minimum atomic E-state index is -0.485. The molecule has 0 aromatic rings. The topological polar surface area (TPSA) is 74.0 Å². The number of hydrogen-bond donors (Lipinski definition) is 1. The highest BCUT2D eigenvalue weighted by atomic mass is 16.6. The molecule has 1 aliphatic carbocycles. The Bertz CT molecular complexity index is 336. The van der Waals surface area contributed by atoms with Gasteiger partial charge in [0.2, 0.25) is 0 Å². The van der Waals surface area contributed by atoms with Gasteiger partial charge in [-0.2, -0.15) is 0 Å². The highest BCUT2D eigenvalue weighted by Crippen LogP contribution is 2.51. The van der Waals surface area contributed by atoms with Crippen LogP contribution in [0.4, 0.5) is 4.79 Å². The van der Waals surface area contributed by atoms with E-state index in [1.54, 1.807) is 4.90 Å². The Morgan fingerprint density at radius 3 is 2.68 bits per heavy atom. The molecule has 2 fully saturated rings. The fourth-order valence-corrected chi connectivity index (χ4v) is 2.55. The minimum Gasteiger partial charge on any atom is -0.444 e. The van der Waals surface area contributed by atoms with Crippen molar-refractivity contribution in [3.8, 4) is 0 Å². The van der Waals surface area contributed by atoms with Crippen LogP contribution in [0.25, 0.3) is 0 Å². The molecule has 1 heterocycles. The molecule has 2 N–H and O–H groups in total. The molecule has 2 aliphatic rings. The van der Waals surface area contributed by atoms with Crippen LogP contribution in [0.3, 0.4) is 0 Å². The molecule has 0 bridgehead atoms. The highest BCUT2D eigenvalue weighted by molar-refractivity contribution is 5.69. The number of rotatable bonds is 3. The predicted molar refractivity (Wildman–Crippen MR) is 69.4 cm³/mol. The van der Waals surface area contributed by atoms with Gasteiger partial charge in [0.05, 0.1) is 25.9 Å². The van der Waals surface area contributed by atoms with Gasteiger partial charge in [-0.1, -0.05) is 0 Å². The van der Waals surface area contributed by atoms with Gasteiger partial charge >= 0.3 is 6.09 Å². The second-order valence-electron chi connectivity index (χ2n) is 6.44. The van der Waals surface area contributed by atoms with Gasteiger partial charge in [-0.25, -0.2) is 10.7 Å². The molecule has 6 heteroatoms. The number of carbonyl (C=O) groups excluding carboxylic acids is 1. The van der Waals surface area contributed by atoms with Gasteiger partial charge in [-0.15, -0.1) is 0 Å². The van der Waals surface area contributed by atoms with E-state index in [2.05, 4.69) is 0 Å². The van der Waals surface area contributed by atoms with Crippen LogP contribution >= 0.6 is 0 Å². The molecule has 2 rings (SSSR count). The van der Waals surface area contributed by atoms with Crippen LogP contribution in [-0.2, 0) is 14.3 Å². The lowest BCUT2D eigenvalue weighted by Gasteiger charge is -2.40. The van der Waals surface area contributed by atoms with Crippen molar-refractivity contribution in [1.82, 2.24) is 4.90 Å². The van der Waals surface area contributed by atoms with Gasteiger partial charge in [0.1, 0.15) is 5.60 Å². The Labute approximate surface area is 114 Å². The summed E-state index contributed by atoms with van der Waals surface area (Å²) in [6.45, 7) is 7.72. The zero-order chi connectivity index (χ0) is 14.1. The van der Waals surface area contributed by atoms with E-state index in [0.717, 1.165) is 12.8 Å². The van der Waals surface area contributed by atoms with E-state index in [-0.39, 0.29) is 17.6 Å². The minimum absolute atomic E-state index is 0.000324. The first-order chi connectivity index (χ1) is 8.88. The summed E-state index contributed by atoms with van der Waals surface area (Å²) in [5, 5.41) is 0. The second kappa shape index (κ2) is 5.26. The first-order valence-electron chi connectivity index (χ1n) is 6.77. The van der Waals surface area contributed by atoms with Crippen LogP contribution in [0.15, 0.2) is 0 Å². The molecule has 1 amide bonds. The van der Waals surface area contributed by atoms with Crippen LogP contribution in [0.1, 0.15) is 33.6 Å². The molecule has 1 atom stereocenters. The Hall–Kier alpha value is -0.850.